The molecule has 3 rings (SSSR count). The Balaban J connectivity index is 1.78. The van der Waals surface area contributed by atoms with E-state index in [0.717, 1.165) is 41.4 Å². The summed E-state index contributed by atoms with van der Waals surface area (Å²) in [4.78, 5) is 0. The van der Waals surface area contributed by atoms with Crippen molar-refractivity contribution in [3.8, 4) is 11.5 Å². The van der Waals surface area contributed by atoms with Crippen molar-refractivity contribution in [2.75, 3.05) is 26.3 Å². The van der Waals surface area contributed by atoms with Crippen molar-refractivity contribution in [3.63, 3.8) is 0 Å². The van der Waals surface area contributed by atoms with Crippen LogP contribution in [0, 0.1) is 5.92 Å². The van der Waals surface area contributed by atoms with Gasteiger partial charge in [0.2, 0.25) is 0 Å². The van der Waals surface area contributed by atoms with Gasteiger partial charge in [-0.05, 0) is 56.0 Å². The second kappa shape index (κ2) is 5.49. The molecule has 98 valence electrons. The fourth-order valence-electron chi connectivity index (χ4n) is 2.66. The van der Waals surface area contributed by atoms with Crippen LogP contribution in [0.2, 0.25) is 0 Å². The van der Waals surface area contributed by atoms with Gasteiger partial charge in [-0.25, -0.2) is 0 Å². The first-order valence-electron chi connectivity index (χ1n) is 6.61. The maximum absolute atomic E-state index is 5.65. The minimum Gasteiger partial charge on any atom is -0.486 e. The molecule has 3 nitrogen and oxygen atoms in total. The molecule has 18 heavy (non-hydrogen) atoms. The van der Waals surface area contributed by atoms with Gasteiger partial charge < -0.3 is 14.8 Å². The van der Waals surface area contributed by atoms with Crippen LogP contribution in [0.5, 0.6) is 11.5 Å². The van der Waals surface area contributed by atoms with Gasteiger partial charge in [0.05, 0.1) is 0 Å². The average Bonchev–Trinajstić information content (AvgIpc) is 2.41. The van der Waals surface area contributed by atoms with E-state index in [1.807, 2.05) is 6.07 Å². The third kappa shape index (κ3) is 2.64. The van der Waals surface area contributed by atoms with Crippen LogP contribution in [0.15, 0.2) is 16.6 Å². The zero-order chi connectivity index (χ0) is 12.4. The monoisotopic (exact) mass is 311 g/mol. The van der Waals surface area contributed by atoms with E-state index in [1.165, 1.54) is 18.4 Å². The first kappa shape index (κ1) is 12.3. The largest absolute Gasteiger partial charge is 0.486 e. The Morgan fingerprint density at radius 3 is 2.50 bits per heavy atom. The molecule has 2 aliphatic heterocycles. The topological polar surface area (TPSA) is 30.5 Å². The normalized spacial score (nSPS) is 19.8. The van der Waals surface area contributed by atoms with Crippen molar-refractivity contribution in [3.05, 3.63) is 22.2 Å². The predicted molar refractivity (Wildman–Crippen MR) is 74.4 cm³/mol. The first-order valence-corrected chi connectivity index (χ1v) is 7.41. The predicted octanol–water partition coefficient (Wildman–Crippen LogP) is 2.76. The molecule has 2 heterocycles. The van der Waals surface area contributed by atoms with Crippen molar-refractivity contribution in [1.82, 2.24) is 5.32 Å². The number of piperidine rings is 1. The van der Waals surface area contributed by atoms with Crippen molar-refractivity contribution in [1.29, 1.82) is 0 Å². The summed E-state index contributed by atoms with van der Waals surface area (Å²) in [6.45, 7) is 3.59. The van der Waals surface area contributed by atoms with Gasteiger partial charge in [0.1, 0.15) is 13.2 Å². The van der Waals surface area contributed by atoms with E-state index >= 15 is 0 Å². The molecule has 4 heteroatoms. The summed E-state index contributed by atoms with van der Waals surface area (Å²) in [6.07, 6.45) is 3.65. The van der Waals surface area contributed by atoms with E-state index in [2.05, 4.69) is 27.3 Å². The minimum atomic E-state index is 0.646. The van der Waals surface area contributed by atoms with Crippen LogP contribution in [0.3, 0.4) is 0 Å². The maximum Gasteiger partial charge on any atom is 0.162 e. The van der Waals surface area contributed by atoms with Gasteiger partial charge in [-0.2, -0.15) is 0 Å². The van der Waals surface area contributed by atoms with E-state index in [9.17, 15) is 0 Å². The van der Waals surface area contributed by atoms with E-state index < -0.39 is 0 Å². The Morgan fingerprint density at radius 2 is 1.78 bits per heavy atom. The van der Waals surface area contributed by atoms with Crippen LogP contribution in [0.1, 0.15) is 18.4 Å². The summed E-state index contributed by atoms with van der Waals surface area (Å²) in [7, 11) is 0. The average molecular weight is 312 g/mol. The molecular weight excluding hydrogens is 294 g/mol. The number of fused-ring (bicyclic) bond motifs is 1. The van der Waals surface area contributed by atoms with E-state index in [1.54, 1.807) is 0 Å². The molecule has 1 N–H and O–H groups in total. The van der Waals surface area contributed by atoms with E-state index in [4.69, 9.17) is 9.47 Å². The standard InChI is InChI=1S/C14H18BrNO2/c15-12-9-14-13(17-5-6-18-14)8-11(12)7-10-1-3-16-4-2-10/h8-10,16H,1-7H2. The number of nitrogens with one attached hydrogen (secondary N) is 1. The van der Waals surface area contributed by atoms with Crippen LogP contribution in [0.4, 0.5) is 0 Å². The lowest BCUT2D eigenvalue weighted by Gasteiger charge is -2.24. The van der Waals surface area contributed by atoms with Crippen LogP contribution >= 0.6 is 15.9 Å². The lowest BCUT2D eigenvalue weighted by molar-refractivity contribution is 0.171. The van der Waals surface area contributed by atoms with E-state index in [-0.39, 0.29) is 0 Å². The van der Waals surface area contributed by atoms with Gasteiger partial charge in [0.15, 0.2) is 11.5 Å². The van der Waals surface area contributed by atoms with Crippen LogP contribution < -0.4 is 14.8 Å². The summed E-state index contributed by atoms with van der Waals surface area (Å²) in [5.74, 6) is 2.54. The van der Waals surface area contributed by atoms with Crippen molar-refractivity contribution in [2.45, 2.75) is 19.3 Å². The SMILES string of the molecule is Brc1cc2c(cc1CC1CCNCC1)OCCO2. The Labute approximate surface area is 116 Å². The third-order valence-corrected chi connectivity index (χ3v) is 4.42. The van der Waals surface area contributed by atoms with Crippen LogP contribution in [-0.4, -0.2) is 26.3 Å². The van der Waals surface area contributed by atoms with Gasteiger partial charge in [-0.3, -0.25) is 0 Å². The highest BCUT2D eigenvalue weighted by molar-refractivity contribution is 9.10. The van der Waals surface area contributed by atoms with E-state index in [0.29, 0.717) is 13.2 Å². The summed E-state index contributed by atoms with van der Waals surface area (Å²) < 4.78 is 12.4. The lowest BCUT2D eigenvalue weighted by atomic mass is 9.91. The molecule has 0 aromatic heterocycles. The number of rotatable bonds is 2. The van der Waals surface area contributed by atoms with Crippen molar-refractivity contribution < 1.29 is 9.47 Å². The van der Waals surface area contributed by atoms with Gasteiger partial charge in [0.25, 0.3) is 0 Å². The fraction of sp³-hybridized carbons (Fsp3) is 0.571. The molecule has 0 saturated carbocycles. The maximum atomic E-state index is 5.65. The highest BCUT2D eigenvalue weighted by Crippen LogP contribution is 2.37. The zero-order valence-electron chi connectivity index (χ0n) is 10.4. The Kier molecular flexibility index (Phi) is 3.75. The number of halogens is 1. The fourth-order valence-corrected chi connectivity index (χ4v) is 3.14. The summed E-state index contributed by atoms with van der Waals surface area (Å²) >= 11 is 3.65. The smallest absolute Gasteiger partial charge is 0.162 e. The molecule has 1 saturated heterocycles. The van der Waals surface area contributed by atoms with Crippen molar-refractivity contribution >= 4 is 15.9 Å². The molecule has 0 spiro atoms. The highest BCUT2D eigenvalue weighted by Gasteiger charge is 2.18. The number of benzene rings is 1. The molecule has 0 bridgehead atoms. The Hall–Kier alpha value is -0.740. The number of ether oxygens (including phenoxy) is 2. The minimum absolute atomic E-state index is 0.646. The second-order valence-corrected chi connectivity index (χ2v) is 5.84. The summed E-state index contributed by atoms with van der Waals surface area (Å²) in [6, 6.07) is 4.19. The molecule has 1 aromatic carbocycles. The molecule has 2 aliphatic rings. The molecule has 0 aliphatic carbocycles. The Bertz CT molecular complexity index is 430. The molecule has 0 amide bonds. The van der Waals surface area contributed by atoms with Gasteiger partial charge in [-0.15, -0.1) is 0 Å². The Morgan fingerprint density at radius 1 is 1.11 bits per heavy atom. The second-order valence-electron chi connectivity index (χ2n) is 4.98. The number of hydrogen-bond donors (Lipinski definition) is 1. The highest BCUT2D eigenvalue weighted by atomic mass is 79.9. The lowest BCUT2D eigenvalue weighted by Crippen LogP contribution is -2.28. The van der Waals surface area contributed by atoms with Crippen LogP contribution in [0.25, 0.3) is 0 Å². The van der Waals surface area contributed by atoms with Crippen molar-refractivity contribution in [2.24, 2.45) is 5.92 Å². The number of hydrogen-bond acceptors (Lipinski definition) is 3. The van der Waals surface area contributed by atoms with Crippen LogP contribution in [-0.2, 0) is 6.42 Å². The molecule has 1 aromatic rings. The van der Waals surface area contributed by atoms with Gasteiger partial charge in [0, 0.05) is 4.47 Å². The molecule has 0 unspecified atom stereocenters. The summed E-state index contributed by atoms with van der Waals surface area (Å²) in [5, 5.41) is 3.41. The van der Waals surface area contributed by atoms with Gasteiger partial charge >= 0.3 is 0 Å². The quantitative estimate of drug-likeness (QED) is 0.911. The van der Waals surface area contributed by atoms with Gasteiger partial charge in [-0.1, -0.05) is 15.9 Å². The molecular formula is C14H18BrNO2. The third-order valence-electron chi connectivity index (χ3n) is 3.68. The molecule has 0 radical (unpaired) electrons. The molecule has 1 fully saturated rings. The zero-order valence-corrected chi connectivity index (χ0v) is 12.0. The molecule has 0 atom stereocenters. The first-order chi connectivity index (χ1) is 8.83. The summed E-state index contributed by atoms with van der Waals surface area (Å²) in [5.41, 5.74) is 1.34.